The molecule has 1 amide bonds. The molecule has 0 radical (unpaired) electrons. The van der Waals surface area contributed by atoms with Gasteiger partial charge >= 0.3 is 0 Å². The van der Waals surface area contributed by atoms with E-state index in [0.717, 1.165) is 46.3 Å². The zero-order valence-corrected chi connectivity index (χ0v) is 16.6. The molecular weight excluding hydrogens is 360 g/mol. The highest BCUT2D eigenvalue weighted by molar-refractivity contribution is 5.89. The summed E-state index contributed by atoms with van der Waals surface area (Å²) >= 11 is 0. The molecule has 0 spiro atoms. The van der Waals surface area contributed by atoms with Gasteiger partial charge in [-0.3, -0.25) is 4.79 Å². The standard InChI is InChI=1S/C24H24N4O/c1-27-15-19(20-8-2-3-9-22(20)27)13-24(29)25-14-17-6-4-7-18(12-17)21-16-28-11-5-10-23(28)26-21/h2-4,6-9,12,15-16H,5,10-11,13-14H2,1H3,(H,25,29). The van der Waals surface area contributed by atoms with Crippen LogP contribution in [0.5, 0.6) is 0 Å². The maximum atomic E-state index is 12.6. The van der Waals surface area contributed by atoms with Crippen LogP contribution in [0.4, 0.5) is 0 Å². The smallest absolute Gasteiger partial charge is 0.224 e. The van der Waals surface area contributed by atoms with E-state index in [2.05, 4.69) is 44.9 Å². The third-order valence-electron chi connectivity index (χ3n) is 5.70. The molecule has 5 rings (SSSR count). The fourth-order valence-electron chi connectivity index (χ4n) is 4.24. The molecule has 0 atom stereocenters. The average Bonchev–Trinajstić information content (AvgIpc) is 3.41. The van der Waals surface area contributed by atoms with Gasteiger partial charge in [0.2, 0.25) is 5.91 Å². The molecule has 2 aromatic heterocycles. The normalized spacial score (nSPS) is 13.0. The first kappa shape index (κ1) is 17.7. The fraction of sp³-hybridized carbons (Fsp3) is 0.250. The molecule has 3 heterocycles. The zero-order valence-electron chi connectivity index (χ0n) is 16.6. The van der Waals surface area contributed by atoms with E-state index in [1.165, 1.54) is 12.2 Å². The number of amides is 1. The summed E-state index contributed by atoms with van der Waals surface area (Å²) in [6, 6.07) is 16.5. The average molecular weight is 384 g/mol. The summed E-state index contributed by atoms with van der Waals surface area (Å²) in [4.78, 5) is 17.3. The van der Waals surface area contributed by atoms with Crippen LogP contribution in [0.25, 0.3) is 22.2 Å². The summed E-state index contributed by atoms with van der Waals surface area (Å²) in [5.41, 5.74) is 5.41. The number of aromatic nitrogens is 3. The first-order valence-corrected chi connectivity index (χ1v) is 10.1. The van der Waals surface area contributed by atoms with Crippen molar-refractivity contribution < 1.29 is 4.79 Å². The maximum Gasteiger partial charge on any atom is 0.224 e. The van der Waals surface area contributed by atoms with Crippen molar-refractivity contribution in [2.75, 3.05) is 0 Å². The lowest BCUT2D eigenvalue weighted by atomic mass is 10.1. The molecule has 29 heavy (non-hydrogen) atoms. The summed E-state index contributed by atoms with van der Waals surface area (Å²) in [7, 11) is 2.01. The molecule has 0 aliphatic carbocycles. The quantitative estimate of drug-likeness (QED) is 0.568. The maximum absolute atomic E-state index is 12.6. The molecule has 5 heteroatoms. The van der Waals surface area contributed by atoms with Crippen LogP contribution in [0.15, 0.2) is 60.9 Å². The topological polar surface area (TPSA) is 51.9 Å². The van der Waals surface area contributed by atoms with E-state index >= 15 is 0 Å². The zero-order chi connectivity index (χ0) is 19.8. The summed E-state index contributed by atoms with van der Waals surface area (Å²) < 4.78 is 4.32. The van der Waals surface area contributed by atoms with E-state index < -0.39 is 0 Å². The Bertz CT molecular complexity index is 1180. The third-order valence-corrected chi connectivity index (χ3v) is 5.70. The Kier molecular flexibility index (Phi) is 4.43. The van der Waals surface area contributed by atoms with Crippen molar-refractivity contribution in [2.24, 2.45) is 7.05 Å². The molecule has 0 fully saturated rings. The minimum atomic E-state index is 0.0349. The van der Waals surface area contributed by atoms with Crippen LogP contribution < -0.4 is 5.32 Å². The second-order valence-electron chi connectivity index (χ2n) is 7.78. The summed E-state index contributed by atoms with van der Waals surface area (Å²) in [6.45, 7) is 1.58. The van der Waals surface area contributed by atoms with Gasteiger partial charge in [-0.05, 0) is 29.7 Å². The Morgan fingerprint density at radius 1 is 1.14 bits per heavy atom. The Labute approximate surface area is 170 Å². The molecule has 1 aliphatic heterocycles. The van der Waals surface area contributed by atoms with E-state index in [1.54, 1.807) is 0 Å². The van der Waals surface area contributed by atoms with Crippen molar-refractivity contribution in [2.45, 2.75) is 32.4 Å². The number of carbonyl (C=O) groups excluding carboxylic acids is 1. The van der Waals surface area contributed by atoms with Crippen molar-refractivity contribution in [1.29, 1.82) is 0 Å². The second-order valence-corrected chi connectivity index (χ2v) is 7.78. The molecule has 1 N–H and O–H groups in total. The van der Waals surface area contributed by atoms with Crippen molar-refractivity contribution >= 4 is 16.8 Å². The highest BCUT2D eigenvalue weighted by Gasteiger charge is 2.15. The minimum Gasteiger partial charge on any atom is -0.352 e. The Morgan fingerprint density at radius 3 is 2.93 bits per heavy atom. The molecule has 0 saturated heterocycles. The third kappa shape index (κ3) is 3.44. The highest BCUT2D eigenvalue weighted by Crippen LogP contribution is 2.24. The number of nitrogens with one attached hydrogen (secondary N) is 1. The lowest BCUT2D eigenvalue weighted by Gasteiger charge is -2.07. The lowest BCUT2D eigenvalue weighted by Crippen LogP contribution is -2.24. The molecule has 2 aromatic carbocycles. The van der Waals surface area contributed by atoms with Gasteiger partial charge in [-0.1, -0.05) is 36.4 Å². The Balaban J connectivity index is 1.26. The number of hydrogen-bond acceptors (Lipinski definition) is 2. The monoisotopic (exact) mass is 384 g/mol. The first-order chi connectivity index (χ1) is 14.2. The summed E-state index contributed by atoms with van der Waals surface area (Å²) in [6.07, 6.45) is 6.81. The van der Waals surface area contributed by atoms with Crippen molar-refractivity contribution in [1.82, 2.24) is 19.4 Å². The van der Waals surface area contributed by atoms with Gasteiger partial charge in [0.25, 0.3) is 0 Å². The van der Waals surface area contributed by atoms with E-state index in [1.807, 2.05) is 37.5 Å². The first-order valence-electron chi connectivity index (χ1n) is 10.1. The molecule has 4 aromatic rings. The number of benzene rings is 2. The number of nitrogens with zero attached hydrogens (tertiary/aromatic N) is 3. The number of rotatable bonds is 5. The van der Waals surface area contributed by atoms with Crippen molar-refractivity contribution in [3.63, 3.8) is 0 Å². The molecule has 5 nitrogen and oxygen atoms in total. The molecule has 0 bridgehead atoms. The SMILES string of the molecule is Cn1cc(CC(=O)NCc2cccc(-c3cn4c(n3)CCC4)c2)c2ccccc21. The Morgan fingerprint density at radius 2 is 2.03 bits per heavy atom. The Hall–Kier alpha value is -3.34. The number of hydrogen-bond donors (Lipinski definition) is 1. The summed E-state index contributed by atoms with van der Waals surface area (Å²) in [5, 5.41) is 4.20. The van der Waals surface area contributed by atoms with Gasteiger partial charge in [0, 0.05) is 55.4 Å². The van der Waals surface area contributed by atoms with Crippen LogP contribution >= 0.6 is 0 Å². The molecule has 146 valence electrons. The van der Waals surface area contributed by atoms with Crippen LogP contribution in [-0.4, -0.2) is 20.0 Å². The van der Waals surface area contributed by atoms with E-state index in [9.17, 15) is 4.79 Å². The van der Waals surface area contributed by atoms with Crippen LogP contribution in [-0.2, 0) is 37.8 Å². The molecule has 0 saturated carbocycles. The van der Waals surface area contributed by atoms with Crippen molar-refractivity contribution in [3.05, 3.63) is 77.9 Å². The van der Waals surface area contributed by atoms with E-state index in [4.69, 9.17) is 4.98 Å². The van der Waals surface area contributed by atoms with E-state index in [-0.39, 0.29) is 5.91 Å². The number of fused-ring (bicyclic) bond motifs is 2. The summed E-state index contributed by atoms with van der Waals surface area (Å²) in [5.74, 6) is 1.21. The molecule has 1 aliphatic rings. The van der Waals surface area contributed by atoms with Crippen LogP contribution in [0.2, 0.25) is 0 Å². The van der Waals surface area contributed by atoms with Gasteiger partial charge < -0.3 is 14.5 Å². The number of aryl methyl sites for hydroxylation is 3. The minimum absolute atomic E-state index is 0.0349. The molecule has 0 unspecified atom stereocenters. The van der Waals surface area contributed by atoms with Gasteiger partial charge in [0.15, 0.2) is 0 Å². The largest absolute Gasteiger partial charge is 0.352 e. The molecular formula is C24H24N4O. The van der Waals surface area contributed by atoms with Crippen LogP contribution in [0, 0.1) is 0 Å². The van der Waals surface area contributed by atoms with Gasteiger partial charge in [-0.15, -0.1) is 0 Å². The van der Waals surface area contributed by atoms with E-state index in [0.29, 0.717) is 13.0 Å². The second kappa shape index (κ2) is 7.24. The highest BCUT2D eigenvalue weighted by atomic mass is 16.1. The number of imidazole rings is 1. The van der Waals surface area contributed by atoms with Gasteiger partial charge in [-0.25, -0.2) is 4.98 Å². The fourth-order valence-corrected chi connectivity index (χ4v) is 4.24. The predicted octanol–water partition coefficient (Wildman–Crippen LogP) is 3.85. The lowest BCUT2D eigenvalue weighted by molar-refractivity contribution is -0.120. The van der Waals surface area contributed by atoms with Gasteiger partial charge in [0.05, 0.1) is 12.1 Å². The predicted molar refractivity (Wildman–Crippen MR) is 114 cm³/mol. The van der Waals surface area contributed by atoms with Crippen molar-refractivity contribution in [3.8, 4) is 11.3 Å². The van der Waals surface area contributed by atoms with Gasteiger partial charge in [0.1, 0.15) is 5.82 Å². The number of para-hydroxylation sites is 1. The van der Waals surface area contributed by atoms with Crippen LogP contribution in [0.1, 0.15) is 23.4 Å². The van der Waals surface area contributed by atoms with Gasteiger partial charge in [-0.2, -0.15) is 0 Å². The van der Waals surface area contributed by atoms with Crippen LogP contribution in [0.3, 0.4) is 0 Å². The number of carbonyl (C=O) groups is 1.